The molecule has 3 N–H and O–H groups in total. The Morgan fingerprint density at radius 3 is 2.35 bits per heavy atom. The highest BCUT2D eigenvalue weighted by Gasteiger charge is 2.53. The summed E-state index contributed by atoms with van der Waals surface area (Å²) in [6, 6.07) is 15.5. The second-order valence-electron chi connectivity index (χ2n) is 11.1. The molecule has 0 radical (unpaired) electrons. The minimum atomic E-state index is -1.51. The van der Waals surface area contributed by atoms with Gasteiger partial charge in [-0.1, -0.05) is 61.9 Å². The number of aromatic nitrogens is 4. The van der Waals surface area contributed by atoms with E-state index < -0.39 is 29.7 Å². The molecule has 12 nitrogen and oxygen atoms in total. The molecule has 1 aliphatic heterocycles. The second-order valence-corrected chi connectivity index (χ2v) is 11.1. The van der Waals surface area contributed by atoms with E-state index in [1.54, 1.807) is 39.5 Å². The standard InChI is InChI=1S/C31H40N6O6/c1-7-9-18-31(43-29(39)42-20(3)4)32-26(30(5,6)40)25(28(38)41-8-2)37(31)19-21-14-16-22(17-15-21)23-12-10-11-13-24(23)27-33-35-36-34-27/h10-17,20,32,40H,7-9,18-19H2,1-6H3,(H,33,34,35,36). The van der Waals surface area contributed by atoms with Crippen LogP contribution in [0, 0.1) is 0 Å². The number of rotatable bonds is 12. The Labute approximate surface area is 251 Å². The second kappa shape index (κ2) is 13.2. The molecular weight excluding hydrogens is 552 g/mol. The maximum absolute atomic E-state index is 13.5. The first-order valence-electron chi connectivity index (χ1n) is 14.5. The van der Waals surface area contributed by atoms with Gasteiger partial charge in [-0.05, 0) is 62.9 Å². The van der Waals surface area contributed by atoms with Crippen LogP contribution >= 0.6 is 0 Å². The number of ether oxygens (including phenoxy) is 3. The van der Waals surface area contributed by atoms with Crippen molar-refractivity contribution in [2.75, 3.05) is 6.61 Å². The molecule has 43 heavy (non-hydrogen) atoms. The van der Waals surface area contributed by atoms with E-state index in [0.29, 0.717) is 18.7 Å². The van der Waals surface area contributed by atoms with Gasteiger partial charge in [-0.2, -0.15) is 5.21 Å². The van der Waals surface area contributed by atoms with Gasteiger partial charge in [0.2, 0.25) is 5.82 Å². The lowest BCUT2D eigenvalue weighted by molar-refractivity contribution is -0.155. The van der Waals surface area contributed by atoms with Crippen LogP contribution in [0.4, 0.5) is 4.79 Å². The lowest BCUT2D eigenvalue weighted by Crippen LogP contribution is -2.57. The van der Waals surface area contributed by atoms with Crippen molar-refractivity contribution in [3.63, 3.8) is 0 Å². The van der Waals surface area contributed by atoms with E-state index in [2.05, 4.69) is 25.9 Å². The Bertz CT molecular complexity index is 1430. The monoisotopic (exact) mass is 592 g/mol. The minimum absolute atomic E-state index is 0.0920. The molecule has 0 amide bonds. The van der Waals surface area contributed by atoms with Crippen molar-refractivity contribution in [1.82, 2.24) is 30.8 Å². The van der Waals surface area contributed by atoms with E-state index in [1.165, 1.54) is 0 Å². The molecule has 0 bridgehead atoms. The topological polar surface area (TPSA) is 152 Å². The molecule has 0 saturated carbocycles. The molecule has 1 aromatic heterocycles. The third-order valence-electron chi connectivity index (χ3n) is 6.92. The zero-order valence-electron chi connectivity index (χ0n) is 25.5. The highest BCUT2D eigenvalue weighted by atomic mass is 16.7. The molecule has 230 valence electrons. The number of aliphatic hydroxyl groups is 1. The van der Waals surface area contributed by atoms with Crippen LogP contribution in [-0.2, 0) is 25.5 Å². The summed E-state index contributed by atoms with van der Waals surface area (Å²) in [4.78, 5) is 28.1. The summed E-state index contributed by atoms with van der Waals surface area (Å²) in [6.45, 7) is 10.6. The third kappa shape index (κ3) is 7.14. The summed E-state index contributed by atoms with van der Waals surface area (Å²) in [5.41, 5.74) is 2.30. The SMILES string of the molecule is CCCCC1(OC(=O)OC(C)C)NC(C(C)(C)O)=C(C(=O)OCC)N1Cc1ccc(-c2ccccc2-c2nn[nH]n2)cc1. The van der Waals surface area contributed by atoms with Gasteiger partial charge < -0.3 is 29.5 Å². The number of carbonyl (C=O) groups is 2. The van der Waals surface area contributed by atoms with Gasteiger partial charge in [0.25, 0.3) is 5.85 Å². The number of carbonyl (C=O) groups excluding carboxylic acids is 2. The molecule has 0 saturated heterocycles. The largest absolute Gasteiger partial charge is 0.512 e. The van der Waals surface area contributed by atoms with Gasteiger partial charge in [0.15, 0.2) is 5.70 Å². The molecule has 12 heteroatoms. The van der Waals surface area contributed by atoms with E-state index in [1.807, 2.05) is 55.5 Å². The molecular formula is C31H40N6O6. The molecule has 4 rings (SSSR count). The van der Waals surface area contributed by atoms with Gasteiger partial charge in [-0.25, -0.2) is 9.59 Å². The van der Waals surface area contributed by atoms with Crippen molar-refractivity contribution in [2.45, 2.75) is 84.9 Å². The number of unbranched alkanes of at least 4 members (excludes halogenated alkanes) is 1. The van der Waals surface area contributed by atoms with Crippen LogP contribution < -0.4 is 5.32 Å². The van der Waals surface area contributed by atoms with Crippen LogP contribution in [0.15, 0.2) is 59.9 Å². The number of aromatic amines is 1. The average molecular weight is 593 g/mol. The molecule has 2 aromatic carbocycles. The van der Waals surface area contributed by atoms with Gasteiger partial charge >= 0.3 is 12.1 Å². The van der Waals surface area contributed by atoms with Crippen LogP contribution in [0.5, 0.6) is 0 Å². The van der Waals surface area contributed by atoms with Crippen molar-refractivity contribution >= 4 is 12.1 Å². The zero-order chi connectivity index (χ0) is 31.2. The summed E-state index contributed by atoms with van der Waals surface area (Å²) < 4.78 is 16.8. The van der Waals surface area contributed by atoms with Crippen molar-refractivity contribution < 1.29 is 28.9 Å². The number of hydrogen-bond acceptors (Lipinski definition) is 11. The Kier molecular flexibility index (Phi) is 9.70. The van der Waals surface area contributed by atoms with Crippen molar-refractivity contribution in [1.29, 1.82) is 0 Å². The number of hydrogen-bond donors (Lipinski definition) is 3. The maximum atomic E-state index is 13.5. The first kappa shape index (κ1) is 31.5. The molecule has 1 unspecified atom stereocenters. The van der Waals surface area contributed by atoms with Crippen LogP contribution in [0.2, 0.25) is 0 Å². The predicted octanol–water partition coefficient (Wildman–Crippen LogP) is 4.89. The van der Waals surface area contributed by atoms with E-state index in [9.17, 15) is 14.7 Å². The summed E-state index contributed by atoms with van der Waals surface area (Å²) in [6.07, 6.45) is 0.451. The van der Waals surface area contributed by atoms with Gasteiger partial charge in [-0.3, -0.25) is 0 Å². The smallest absolute Gasteiger partial charge is 0.461 e. The lowest BCUT2D eigenvalue weighted by Gasteiger charge is -2.40. The van der Waals surface area contributed by atoms with Gasteiger partial charge in [-0.15, -0.1) is 10.2 Å². The number of tetrazole rings is 1. The van der Waals surface area contributed by atoms with Crippen LogP contribution in [-0.4, -0.2) is 66.9 Å². The van der Waals surface area contributed by atoms with Crippen molar-refractivity contribution in [3.05, 3.63) is 65.5 Å². The number of H-pyrrole nitrogens is 1. The summed E-state index contributed by atoms with van der Waals surface area (Å²) >= 11 is 0. The highest BCUT2D eigenvalue weighted by Crippen LogP contribution is 2.40. The third-order valence-corrected chi connectivity index (χ3v) is 6.92. The van der Waals surface area contributed by atoms with Crippen LogP contribution in [0.25, 0.3) is 22.5 Å². The molecule has 0 aliphatic carbocycles. The Morgan fingerprint density at radius 1 is 1.07 bits per heavy atom. The van der Waals surface area contributed by atoms with Crippen LogP contribution in [0.1, 0.15) is 66.4 Å². The number of esters is 1. The molecule has 3 aromatic rings. The number of benzene rings is 2. The first-order chi connectivity index (χ1) is 20.5. The summed E-state index contributed by atoms with van der Waals surface area (Å²) in [7, 11) is 0. The van der Waals surface area contributed by atoms with Gasteiger partial charge in [0.1, 0.15) is 5.60 Å². The van der Waals surface area contributed by atoms with Crippen molar-refractivity contribution in [3.8, 4) is 22.5 Å². The van der Waals surface area contributed by atoms with Gasteiger partial charge in [0, 0.05) is 18.5 Å². The van der Waals surface area contributed by atoms with E-state index in [4.69, 9.17) is 14.2 Å². The zero-order valence-corrected chi connectivity index (χ0v) is 25.5. The summed E-state index contributed by atoms with van der Waals surface area (Å²) in [5.74, 6) is -1.67. The fourth-order valence-corrected chi connectivity index (χ4v) is 4.98. The average Bonchev–Trinajstić information content (AvgIpc) is 3.60. The minimum Gasteiger partial charge on any atom is -0.461 e. The van der Waals surface area contributed by atoms with Gasteiger partial charge in [0.05, 0.1) is 18.4 Å². The lowest BCUT2D eigenvalue weighted by atomic mass is 9.98. The highest BCUT2D eigenvalue weighted by molar-refractivity contribution is 5.90. The Hall–Kier alpha value is -4.45. The Balaban J connectivity index is 1.77. The van der Waals surface area contributed by atoms with E-state index in [-0.39, 0.29) is 24.5 Å². The van der Waals surface area contributed by atoms with Crippen LogP contribution in [0.3, 0.4) is 0 Å². The molecule has 1 aliphatic rings. The fourth-order valence-electron chi connectivity index (χ4n) is 4.98. The Morgan fingerprint density at radius 2 is 1.77 bits per heavy atom. The first-order valence-corrected chi connectivity index (χ1v) is 14.5. The van der Waals surface area contributed by atoms with E-state index >= 15 is 0 Å². The maximum Gasteiger partial charge on any atom is 0.512 e. The van der Waals surface area contributed by atoms with Crippen molar-refractivity contribution in [2.24, 2.45) is 0 Å². The molecule has 0 spiro atoms. The fraction of sp³-hybridized carbons (Fsp3) is 0.452. The number of nitrogens with one attached hydrogen (secondary N) is 2. The van der Waals surface area contributed by atoms with E-state index in [0.717, 1.165) is 28.7 Å². The number of nitrogens with zero attached hydrogens (tertiary/aromatic N) is 4. The molecule has 1 atom stereocenters. The normalized spacial score (nSPS) is 16.8. The molecule has 2 heterocycles. The molecule has 0 fully saturated rings. The predicted molar refractivity (Wildman–Crippen MR) is 159 cm³/mol. The quantitative estimate of drug-likeness (QED) is 0.247. The summed E-state index contributed by atoms with van der Waals surface area (Å²) in [5, 5.41) is 28.8.